The van der Waals surface area contributed by atoms with Crippen molar-refractivity contribution in [1.82, 2.24) is 0 Å². The smallest absolute Gasteiger partial charge is 0.150 e. The zero-order valence-corrected chi connectivity index (χ0v) is 10.2. The highest BCUT2D eigenvalue weighted by Gasteiger charge is 2.16. The van der Waals surface area contributed by atoms with Gasteiger partial charge >= 0.3 is 0 Å². The molecule has 0 aromatic heterocycles. The number of hydrogen-bond donors (Lipinski definition) is 1. The SMILES string of the molecule is O=Cc1ccc2c(c1)Sc1cc(C=O)ccc1N2. The second-order valence-corrected chi connectivity index (χ2v) is 5.06. The van der Waals surface area contributed by atoms with Gasteiger partial charge in [0.25, 0.3) is 0 Å². The van der Waals surface area contributed by atoms with Crippen molar-refractivity contribution in [3.8, 4) is 0 Å². The summed E-state index contributed by atoms with van der Waals surface area (Å²) in [6.45, 7) is 0. The second kappa shape index (κ2) is 4.31. The molecule has 4 heteroatoms. The van der Waals surface area contributed by atoms with Crippen molar-refractivity contribution < 1.29 is 9.59 Å². The van der Waals surface area contributed by atoms with E-state index in [1.54, 1.807) is 23.9 Å². The molecule has 0 unspecified atom stereocenters. The Morgan fingerprint density at radius 2 is 1.33 bits per heavy atom. The molecule has 0 spiro atoms. The summed E-state index contributed by atoms with van der Waals surface area (Å²) in [4.78, 5) is 23.5. The maximum Gasteiger partial charge on any atom is 0.150 e. The summed E-state index contributed by atoms with van der Waals surface area (Å²) in [5, 5.41) is 3.29. The molecule has 1 aliphatic rings. The van der Waals surface area contributed by atoms with Gasteiger partial charge in [0.05, 0.1) is 11.4 Å². The van der Waals surface area contributed by atoms with Gasteiger partial charge in [0.2, 0.25) is 0 Å². The number of nitrogens with one attached hydrogen (secondary N) is 1. The van der Waals surface area contributed by atoms with Gasteiger partial charge < -0.3 is 5.32 Å². The Bertz CT molecular complexity index is 597. The van der Waals surface area contributed by atoms with E-state index in [4.69, 9.17) is 0 Å². The number of carbonyl (C=O) groups excluding carboxylic acids is 2. The first-order valence-corrected chi connectivity index (χ1v) is 6.25. The molecular formula is C14H9NO2S. The Morgan fingerprint density at radius 3 is 1.78 bits per heavy atom. The monoisotopic (exact) mass is 255 g/mol. The minimum absolute atomic E-state index is 0.651. The van der Waals surface area contributed by atoms with Crippen LogP contribution >= 0.6 is 11.8 Å². The summed E-state index contributed by atoms with van der Waals surface area (Å²) in [7, 11) is 0. The highest BCUT2D eigenvalue weighted by molar-refractivity contribution is 7.99. The average Bonchev–Trinajstić information content (AvgIpc) is 2.43. The molecule has 3 nitrogen and oxygen atoms in total. The lowest BCUT2D eigenvalue weighted by molar-refractivity contribution is 0.111. The van der Waals surface area contributed by atoms with E-state index >= 15 is 0 Å². The predicted octanol–water partition coefficient (Wildman–Crippen LogP) is 3.52. The van der Waals surface area contributed by atoms with E-state index in [0.717, 1.165) is 33.7 Å². The van der Waals surface area contributed by atoms with Crippen LogP contribution in [0.4, 0.5) is 11.4 Å². The maximum atomic E-state index is 10.8. The van der Waals surface area contributed by atoms with E-state index in [2.05, 4.69) is 5.32 Å². The fourth-order valence-electron chi connectivity index (χ4n) is 1.86. The van der Waals surface area contributed by atoms with Crippen LogP contribution in [0.1, 0.15) is 20.7 Å². The maximum absolute atomic E-state index is 10.8. The highest BCUT2D eigenvalue weighted by atomic mass is 32.2. The van der Waals surface area contributed by atoms with E-state index in [1.807, 2.05) is 24.3 Å². The Morgan fingerprint density at radius 1 is 0.833 bits per heavy atom. The lowest BCUT2D eigenvalue weighted by atomic mass is 10.2. The molecule has 0 aliphatic carbocycles. The zero-order chi connectivity index (χ0) is 12.5. The van der Waals surface area contributed by atoms with Gasteiger partial charge in [-0.1, -0.05) is 11.8 Å². The van der Waals surface area contributed by atoms with Crippen LogP contribution < -0.4 is 5.32 Å². The number of aldehydes is 2. The Hall–Kier alpha value is -2.07. The summed E-state index contributed by atoms with van der Waals surface area (Å²) in [6, 6.07) is 11.0. The summed E-state index contributed by atoms with van der Waals surface area (Å²) in [5.74, 6) is 0. The van der Waals surface area contributed by atoms with Crippen LogP contribution in [-0.2, 0) is 0 Å². The van der Waals surface area contributed by atoms with Crippen LogP contribution in [0.2, 0.25) is 0 Å². The fourth-order valence-corrected chi connectivity index (χ4v) is 2.95. The summed E-state index contributed by atoms with van der Waals surface area (Å²) >= 11 is 1.56. The van der Waals surface area contributed by atoms with Crippen LogP contribution in [-0.4, -0.2) is 12.6 Å². The quantitative estimate of drug-likeness (QED) is 0.712. The minimum atomic E-state index is 0.651. The lowest BCUT2D eigenvalue weighted by Crippen LogP contribution is -2.01. The van der Waals surface area contributed by atoms with Crippen molar-refractivity contribution in [2.45, 2.75) is 9.79 Å². The number of hydrogen-bond acceptors (Lipinski definition) is 4. The van der Waals surface area contributed by atoms with Crippen LogP contribution in [0, 0.1) is 0 Å². The molecular weight excluding hydrogens is 246 g/mol. The zero-order valence-electron chi connectivity index (χ0n) is 9.34. The van der Waals surface area contributed by atoms with Crippen molar-refractivity contribution in [2.24, 2.45) is 0 Å². The van der Waals surface area contributed by atoms with Gasteiger partial charge in [0.15, 0.2) is 0 Å². The molecule has 1 N–H and O–H groups in total. The third-order valence-corrected chi connectivity index (χ3v) is 3.89. The molecule has 2 aromatic carbocycles. The number of carbonyl (C=O) groups is 2. The number of anilines is 2. The van der Waals surface area contributed by atoms with Gasteiger partial charge in [0, 0.05) is 20.9 Å². The molecule has 3 rings (SSSR count). The molecule has 0 atom stereocenters. The van der Waals surface area contributed by atoms with Crippen molar-refractivity contribution in [3.63, 3.8) is 0 Å². The first-order chi connectivity index (χ1) is 8.80. The Balaban J connectivity index is 2.06. The van der Waals surface area contributed by atoms with Crippen molar-refractivity contribution in [1.29, 1.82) is 0 Å². The Labute approximate surface area is 108 Å². The van der Waals surface area contributed by atoms with Gasteiger partial charge in [-0.3, -0.25) is 9.59 Å². The topological polar surface area (TPSA) is 46.2 Å². The molecule has 0 bridgehead atoms. The first-order valence-electron chi connectivity index (χ1n) is 5.43. The van der Waals surface area contributed by atoms with Crippen LogP contribution in [0.25, 0.3) is 0 Å². The molecule has 1 heterocycles. The predicted molar refractivity (Wildman–Crippen MR) is 71.1 cm³/mol. The molecule has 88 valence electrons. The molecule has 18 heavy (non-hydrogen) atoms. The van der Waals surface area contributed by atoms with Gasteiger partial charge in [-0.05, 0) is 36.4 Å². The number of benzene rings is 2. The highest BCUT2D eigenvalue weighted by Crippen LogP contribution is 2.44. The average molecular weight is 255 g/mol. The van der Waals surface area contributed by atoms with Gasteiger partial charge in [-0.25, -0.2) is 0 Å². The molecule has 0 radical (unpaired) electrons. The second-order valence-electron chi connectivity index (χ2n) is 3.97. The van der Waals surface area contributed by atoms with Crippen molar-refractivity contribution in [2.75, 3.05) is 5.32 Å². The molecule has 1 aliphatic heterocycles. The Kier molecular flexibility index (Phi) is 2.64. The van der Waals surface area contributed by atoms with E-state index in [0.29, 0.717) is 11.1 Å². The summed E-state index contributed by atoms with van der Waals surface area (Å²) in [6.07, 6.45) is 1.66. The fraction of sp³-hybridized carbons (Fsp3) is 0. The summed E-state index contributed by atoms with van der Waals surface area (Å²) < 4.78 is 0. The van der Waals surface area contributed by atoms with E-state index in [9.17, 15) is 9.59 Å². The first kappa shape index (κ1) is 11.0. The third kappa shape index (κ3) is 1.80. The molecule has 0 saturated carbocycles. The van der Waals surface area contributed by atoms with Crippen LogP contribution in [0.5, 0.6) is 0 Å². The largest absolute Gasteiger partial charge is 0.354 e. The van der Waals surface area contributed by atoms with E-state index < -0.39 is 0 Å². The summed E-state index contributed by atoms with van der Waals surface area (Å²) in [5.41, 5.74) is 3.27. The van der Waals surface area contributed by atoms with Crippen LogP contribution in [0.3, 0.4) is 0 Å². The van der Waals surface area contributed by atoms with Gasteiger partial charge in [-0.15, -0.1) is 0 Å². The number of fused-ring (bicyclic) bond motifs is 2. The minimum Gasteiger partial charge on any atom is -0.354 e. The van der Waals surface area contributed by atoms with Gasteiger partial charge in [0.1, 0.15) is 12.6 Å². The van der Waals surface area contributed by atoms with Crippen molar-refractivity contribution >= 4 is 35.7 Å². The molecule has 0 saturated heterocycles. The molecule has 2 aromatic rings. The van der Waals surface area contributed by atoms with Crippen LogP contribution in [0.15, 0.2) is 46.2 Å². The van der Waals surface area contributed by atoms with E-state index in [1.165, 1.54) is 0 Å². The standard InChI is InChI=1S/C14H9NO2S/c16-7-9-1-3-11-13(5-9)18-14-6-10(8-17)2-4-12(14)15-11/h1-8,15H. The molecule has 0 amide bonds. The van der Waals surface area contributed by atoms with E-state index in [-0.39, 0.29) is 0 Å². The van der Waals surface area contributed by atoms with Gasteiger partial charge in [-0.2, -0.15) is 0 Å². The number of rotatable bonds is 2. The lowest BCUT2D eigenvalue weighted by Gasteiger charge is -2.21. The normalized spacial score (nSPS) is 12.0. The third-order valence-electron chi connectivity index (χ3n) is 2.77. The van der Waals surface area contributed by atoms with Crippen molar-refractivity contribution in [3.05, 3.63) is 47.5 Å². The molecule has 0 fully saturated rings.